The van der Waals surface area contributed by atoms with E-state index in [-0.39, 0.29) is 6.10 Å². The van der Waals surface area contributed by atoms with Crippen LogP contribution in [0.2, 0.25) is 0 Å². The summed E-state index contributed by atoms with van der Waals surface area (Å²) in [7, 11) is 0. The van der Waals surface area contributed by atoms with Crippen molar-refractivity contribution < 1.29 is 14.6 Å². The van der Waals surface area contributed by atoms with E-state index in [1.54, 1.807) is 0 Å². The van der Waals surface area contributed by atoms with Crippen LogP contribution in [-0.4, -0.2) is 18.5 Å². The number of aliphatic hydroxyl groups excluding tert-OH is 1. The minimum atomic E-state index is -0.287. The number of fused-ring (bicyclic) bond motifs is 1. The summed E-state index contributed by atoms with van der Waals surface area (Å²) in [4.78, 5) is 0. The third-order valence-electron chi connectivity index (χ3n) is 3.52. The van der Waals surface area contributed by atoms with Gasteiger partial charge in [0.25, 0.3) is 0 Å². The zero-order valence-corrected chi connectivity index (χ0v) is 9.89. The Bertz CT molecular complexity index is 398. The van der Waals surface area contributed by atoms with Crippen LogP contribution >= 0.6 is 0 Å². The topological polar surface area (TPSA) is 38.7 Å². The highest BCUT2D eigenvalue weighted by molar-refractivity contribution is 5.39. The molecule has 0 spiro atoms. The summed E-state index contributed by atoms with van der Waals surface area (Å²) < 4.78 is 11.0. The largest absolute Gasteiger partial charge is 0.468 e. The molecule has 1 atom stereocenters. The second-order valence-electron chi connectivity index (χ2n) is 4.99. The van der Waals surface area contributed by atoms with Gasteiger partial charge in [0.1, 0.15) is 5.75 Å². The number of benzene rings is 1. The molecule has 1 N–H and O–H groups in total. The zero-order valence-electron chi connectivity index (χ0n) is 9.89. The summed E-state index contributed by atoms with van der Waals surface area (Å²) >= 11 is 0. The highest BCUT2D eigenvalue weighted by Crippen LogP contribution is 2.33. The lowest BCUT2D eigenvalue weighted by atomic mass is 10.1. The van der Waals surface area contributed by atoms with Crippen LogP contribution in [0.15, 0.2) is 18.2 Å². The molecule has 0 aliphatic heterocycles. The molecule has 0 radical (unpaired) electrons. The normalized spacial score (nSPS) is 22.5. The third-order valence-corrected chi connectivity index (χ3v) is 3.52. The van der Waals surface area contributed by atoms with E-state index in [0.29, 0.717) is 6.79 Å². The fraction of sp³-hybridized carbons (Fsp3) is 0.571. The molecule has 1 unspecified atom stereocenters. The monoisotopic (exact) mass is 234 g/mol. The molecule has 3 nitrogen and oxygen atoms in total. The molecule has 3 rings (SSSR count). The quantitative estimate of drug-likeness (QED) is 0.628. The van der Waals surface area contributed by atoms with E-state index in [9.17, 15) is 5.11 Å². The Labute approximate surface area is 101 Å². The lowest BCUT2D eigenvalue weighted by molar-refractivity contribution is 0.00994. The van der Waals surface area contributed by atoms with E-state index in [1.807, 2.05) is 18.2 Å². The molecular weight excluding hydrogens is 216 g/mol. The first-order chi connectivity index (χ1) is 8.33. The minimum absolute atomic E-state index is 0.287. The average molecular weight is 234 g/mol. The van der Waals surface area contributed by atoms with E-state index in [2.05, 4.69) is 0 Å². The molecule has 0 heterocycles. The van der Waals surface area contributed by atoms with Gasteiger partial charge in [0.05, 0.1) is 12.7 Å². The molecular formula is C14H18O3. The molecule has 0 saturated heterocycles. The van der Waals surface area contributed by atoms with E-state index in [4.69, 9.17) is 9.47 Å². The SMILES string of the molecule is OC1CCc2cc(OCOCC3CC3)ccc21. The summed E-state index contributed by atoms with van der Waals surface area (Å²) in [5, 5.41) is 9.69. The van der Waals surface area contributed by atoms with Gasteiger partial charge in [-0.05, 0) is 54.9 Å². The van der Waals surface area contributed by atoms with E-state index >= 15 is 0 Å². The van der Waals surface area contributed by atoms with Gasteiger partial charge in [-0.3, -0.25) is 0 Å². The van der Waals surface area contributed by atoms with Gasteiger partial charge in [-0.25, -0.2) is 0 Å². The zero-order chi connectivity index (χ0) is 11.7. The number of ether oxygens (including phenoxy) is 2. The number of hydrogen-bond acceptors (Lipinski definition) is 3. The van der Waals surface area contributed by atoms with Crippen LogP contribution < -0.4 is 4.74 Å². The second-order valence-corrected chi connectivity index (χ2v) is 4.99. The minimum Gasteiger partial charge on any atom is -0.468 e. The first kappa shape index (κ1) is 11.1. The smallest absolute Gasteiger partial charge is 0.189 e. The third kappa shape index (κ3) is 2.61. The first-order valence-electron chi connectivity index (χ1n) is 6.34. The first-order valence-corrected chi connectivity index (χ1v) is 6.34. The van der Waals surface area contributed by atoms with E-state index in [1.165, 1.54) is 18.4 Å². The van der Waals surface area contributed by atoms with Gasteiger partial charge in [-0.1, -0.05) is 6.07 Å². The summed E-state index contributed by atoms with van der Waals surface area (Å²) in [6, 6.07) is 5.89. The maximum Gasteiger partial charge on any atom is 0.189 e. The van der Waals surface area contributed by atoms with E-state index < -0.39 is 0 Å². The number of aryl methyl sites for hydroxylation is 1. The maximum atomic E-state index is 9.69. The lowest BCUT2D eigenvalue weighted by Crippen LogP contribution is -2.05. The van der Waals surface area contributed by atoms with Crippen molar-refractivity contribution >= 4 is 0 Å². The van der Waals surface area contributed by atoms with Crippen molar-refractivity contribution in [2.45, 2.75) is 31.8 Å². The molecule has 0 bridgehead atoms. The van der Waals surface area contributed by atoms with Gasteiger partial charge >= 0.3 is 0 Å². The summed E-state index contributed by atoms with van der Waals surface area (Å²) in [5.41, 5.74) is 2.26. The molecule has 2 aliphatic rings. The van der Waals surface area contributed by atoms with Crippen LogP contribution in [-0.2, 0) is 11.2 Å². The molecule has 0 aromatic heterocycles. The van der Waals surface area contributed by atoms with Gasteiger partial charge in [-0.15, -0.1) is 0 Å². The molecule has 2 aliphatic carbocycles. The summed E-state index contributed by atoms with van der Waals surface area (Å²) in [6.07, 6.45) is 4.09. The van der Waals surface area contributed by atoms with Crippen molar-refractivity contribution in [1.29, 1.82) is 0 Å². The number of aliphatic hydroxyl groups is 1. The van der Waals surface area contributed by atoms with Crippen LogP contribution in [0, 0.1) is 5.92 Å². The van der Waals surface area contributed by atoms with Gasteiger partial charge in [-0.2, -0.15) is 0 Å². The standard InChI is InChI=1S/C14H18O3/c15-14-6-3-11-7-12(4-5-13(11)14)17-9-16-8-10-1-2-10/h4-5,7,10,14-15H,1-3,6,8-9H2. The van der Waals surface area contributed by atoms with Crippen LogP contribution in [0.4, 0.5) is 0 Å². The predicted octanol–water partition coefficient (Wildman–Crippen LogP) is 2.43. The number of rotatable bonds is 5. The van der Waals surface area contributed by atoms with Crippen LogP contribution in [0.3, 0.4) is 0 Å². The van der Waals surface area contributed by atoms with E-state index in [0.717, 1.165) is 36.7 Å². The molecule has 1 saturated carbocycles. The molecule has 17 heavy (non-hydrogen) atoms. The second kappa shape index (κ2) is 4.67. The van der Waals surface area contributed by atoms with Crippen molar-refractivity contribution in [3.63, 3.8) is 0 Å². The Balaban J connectivity index is 1.52. The Morgan fingerprint density at radius 1 is 1.24 bits per heavy atom. The highest BCUT2D eigenvalue weighted by atomic mass is 16.7. The molecule has 92 valence electrons. The molecule has 3 heteroatoms. The van der Waals surface area contributed by atoms with Crippen molar-refractivity contribution in [3.8, 4) is 5.75 Å². The fourth-order valence-corrected chi connectivity index (χ4v) is 2.27. The van der Waals surface area contributed by atoms with Gasteiger partial charge in [0.2, 0.25) is 0 Å². The van der Waals surface area contributed by atoms with Crippen molar-refractivity contribution in [2.75, 3.05) is 13.4 Å². The predicted molar refractivity (Wildman–Crippen MR) is 63.9 cm³/mol. The summed E-state index contributed by atoms with van der Waals surface area (Å²) in [6.45, 7) is 1.15. The van der Waals surface area contributed by atoms with Crippen molar-refractivity contribution in [1.82, 2.24) is 0 Å². The van der Waals surface area contributed by atoms with Crippen LogP contribution in [0.25, 0.3) is 0 Å². The van der Waals surface area contributed by atoms with Crippen molar-refractivity contribution in [2.24, 2.45) is 5.92 Å². The summed E-state index contributed by atoms with van der Waals surface area (Å²) in [5.74, 6) is 1.61. The Kier molecular flexibility index (Phi) is 3.04. The van der Waals surface area contributed by atoms with Gasteiger partial charge in [0, 0.05) is 0 Å². The number of hydrogen-bond donors (Lipinski definition) is 1. The molecule has 0 amide bonds. The molecule has 1 fully saturated rings. The fourth-order valence-electron chi connectivity index (χ4n) is 2.27. The van der Waals surface area contributed by atoms with Crippen LogP contribution in [0.1, 0.15) is 36.5 Å². The molecule has 1 aromatic rings. The average Bonchev–Trinajstić information content (AvgIpc) is 3.10. The highest BCUT2D eigenvalue weighted by Gasteiger charge is 2.22. The molecule has 1 aromatic carbocycles. The van der Waals surface area contributed by atoms with Crippen molar-refractivity contribution in [3.05, 3.63) is 29.3 Å². The Hall–Kier alpha value is -1.06. The Morgan fingerprint density at radius 3 is 2.94 bits per heavy atom. The maximum absolute atomic E-state index is 9.69. The van der Waals surface area contributed by atoms with Gasteiger partial charge < -0.3 is 14.6 Å². The lowest BCUT2D eigenvalue weighted by Gasteiger charge is -2.09. The Morgan fingerprint density at radius 2 is 2.12 bits per heavy atom. The van der Waals surface area contributed by atoms with Gasteiger partial charge in [0.15, 0.2) is 6.79 Å². The van der Waals surface area contributed by atoms with Crippen LogP contribution in [0.5, 0.6) is 5.75 Å².